The van der Waals surface area contributed by atoms with Crippen molar-refractivity contribution in [2.24, 2.45) is 5.92 Å². The summed E-state index contributed by atoms with van der Waals surface area (Å²) in [5.41, 5.74) is 8.11. The van der Waals surface area contributed by atoms with Gasteiger partial charge in [-0.3, -0.25) is 4.79 Å². The Morgan fingerprint density at radius 1 is 1.00 bits per heavy atom. The van der Waals surface area contributed by atoms with E-state index in [0.29, 0.717) is 36.2 Å². The van der Waals surface area contributed by atoms with E-state index in [1.54, 1.807) is 0 Å². The van der Waals surface area contributed by atoms with Gasteiger partial charge in [0.05, 0.1) is 31.3 Å². The molecule has 3 aliphatic rings. The maximum Gasteiger partial charge on any atom is 0.304 e. The first-order chi connectivity index (χ1) is 19.9. The van der Waals surface area contributed by atoms with Crippen LogP contribution < -0.4 is 14.2 Å². The number of carboxylic acid groups (broad SMARTS) is 1. The highest BCUT2D eigenvalue weighted by Gasteiger charge is 2.31. The van der Waals surface area contributed by atoms with E-state index < -0.39 is 5.97 Å². The summed E-state index contributed by atoms with van der Waals surface area (Å²) in [6.45, 7) is 6.86. The van der Waals surface area contributed by atoms with Crippen molar-refractivity contribution >= 4 is 5.97 Å². The zero-order valence-corrected chi connectivity index (χ0v) is 23.6. The summed E-state index contributed by atoms with van der Waals surface area (Å²) in [4.78, 5) is 11.2. The maximum atomic E-state index is 11.2. The molecule has 2 aliphatic heterocycles. The van der Waals surface area contributed by atoms with Gasteiger partial charge in [-0.25, -0.2) is 0 Å². The summed E-state index contributed by atoms with van der Waals surface area (Å²) >= 11 is 0. The molecular weight excluding hydrogens is 518 g/mol. The third-order valence-electron chi connectivity index (χ3n) is 8.62. The van der Waals surface area contributed by atoms with Gasteiger partial charge >= 0.3 is 5.97 Å². The lowest BCUT2D eigenvalue weighted by Gasteiger charge is -2.23. The number of nitriles is 1. The third-order valence-corrected chi connectivity index (χ3v) is 8.62. The van der Waals surface area contributed by atoms with Crippen molar-refractivity contribution in [2.45, 2.75) is 58.0 Å². The Balaban J connectivity index is 1.25. The number of carboxylic acids is 1. The van der Waals surface area contributed by atoms with Gasteiger partial charge in [-0.1, -0.05) is 12.1 Å². The number of rotatable bonds is 8. The number of hydrogen-bond acceptors (Lipinski definition) is 6. The number of fused-ring (bicyclic) bond motifs is 2. The van der Waals surface area contributed by atoms with Crippen LogP contribution in [0.25, 0.3) is 11.1 Å². The minimum absolute atomic E-state index is 0.0507. The van der Waals surface area contributed by atoms with Crippen LogP contribution in [-0.4, -0.2) is 37.5 Å². The molecule has 7 heteroatoms. The fourth-order valence-corrected chi connectivity index (χ4v) is 6.57. The van der Waals surface area contributed by atoms with Crippen molar-refractivity contribution < 1.29 is 28.8 Å². The molecule has 1 N–H and O–H groups in total. The molecule has 0 amide bonds. The molecule has 2 heterocycles. The standard InChI is InChI=1S/C34H35NO6/c1-20-13-26(39-18-22-9-11-38-12-10-22)14-21(2)33(20)34-23(17-35)3-5-28-29(34)7-8-30(28)41-25-4-6-27-24(15-32(36)37)19-40-31(27)16-25/h3-6,13-14,16,22,24,30H,7-12,15,18-19H2,1-2H3,(H,36,37)/t24-,30-/m1/s1. The van der Waals surface area contributed by atoms with Crippen LogP contribution in [0, 0.1) is 31.1 Å². The molecule has 212 valence electrons. The molecule has 2 atom stereocenters. The van der Waals surface area contributed by atoms with Crippen molar-refractivity contribution in [3.8, 4) is 34.4 Å². The first-order valence-electron chi connectivity index (χ1n) is 14.4. The van der Waals surface area contributed by atoms with E-state index in [-0.39, 0.29) is 18.4 Å². The summed E-state index contributed by atoms with van der Waals surface area (Å²) in [7, 11) is 0. The largest absolute Gasteiger partial charge is 0.493 e. The Morgan fingerprint density at radius 2 is 1.76 bits per heavy atom. The van der Waals surface area contributed by atoms with Crippen molar-refractivity contribution in [1.29, 1.82) is 5.26 Å². The van der Waals surface area contributed by atoms with Crippen LogP contribution in [0.15, 0.2) is 42.5 Å². The number of aliphatic carboxylic acids is 1. The van der Waals surface area contributed by atoms with Crippen molar-refractivity contribution in [3.63, 3.8) is 0 Å². The number of ether oxygens (including phenoxy) is 4. The van der Waals surface area contributed by atoms with Crippen LogP contribution in [0.2, 0.25) is 0 Å². The Bertz CT molecular complexity index is 1490. The van der Waals surface area contributed by atoms with Crippen LogP contribution in [0.5, 0.6) is 17.2 Å². The lowest BCUT2D eigenvalue weighted by molar-refractivity contribution is -0.137. The quantitative estimate of drug-likeness (QED) is 0.333. The topological polar surface area (TPSA) is 98.0 Å². The van der Waals surface area contributed by atoms with E-state index >= 15 is 0 Å². The van der Waals surface area contributed by atoms with Gasteiger partial charge in [-0.2, -0.15) is 5.26 Å². The Kier molecular flexibility index (Phi) is 7.59. The minimum Gasteiger partial charge on any atom is -0.493 e. The van der Waals surface area contributed by atoms with Crippen molar-refractivity contribution in [3.05, 3.63) is 75.8 Å². The van der Waals surface area contributed by atoms with Gasteiger partial charge in [-0.15, -0.1) is 0 Å². The average Bonchev–Trinajstić information content (AvgIpc) is 3.55. The fourth-order valence-electron chi connectivity index (χ4n) is 6.57. The second kappa shape index (κ2) is 11.5. The summed E-state index contributed by atoms with van der Waals surface area (Å²) in [6, 6.07) is 16.2. The summed E-state index contributed by atoms with van der Waals surface area (Å²) in [5.74, 6) is 1.81. The van der Waals surface area contributed by atoms with Crippen LogP contribution in [0.1, 0.15) is 71.1 Å². The summed E-state index contributed by atoms with van der Waals surface area (Å²) in [6.07, 6.45) is 3.59. The number of benzene rings is 3. The van der Waals surface area contributed by atoms with E-state index in [4.69, 9.17) is 18.9 Å². The lowest BCUT2D eigenvalue weighted by atomic mass is 9.87. The van der Waals surface area contributed by atoms with E-state index in [1.807, 2.05) is 30.3 Å². The molecule has 0 spiro atoms. The normalized spacial score (nSPS) is 19.6. The first kappa shape index (κ1) is 27.2. The average molecular weight is 554 g/mol. The van der Waals surface area contributed by atoms with Crippen LogP contribution in [0.4, 0.5) is 0 Å². The zero-order valence-electron chi connectivity index (χ0n) is 23.6. The number of aryl methyl sites for hydroxylation is 2. The Labute approximate surface area is 240 Å². The second-order valence-corrected chi connectivity index (χ2v) is 11.4. The molecule has 6 rings (SSSR count). The molecule has 1 saturated heterocycles. The van der Waals surface area contributed by atoms with Gasteiger partial charge in [0, 0.05) is 36.3 Å². The molecule has 41 heavy (non-hydrogen) atoms. The predicted molar refractivity (Wildman–Crippen MR) is 154 cm³/mol. The van der Waals surface area contributed by atoms with E-state index in [9.17, 15) is 15.2 Å². The highest BCUT2D eigenvalue weighted by atomic mass is 16.5. The first-order valence-corrected chi connectivity index (χ1v) is 14.4. The van der Waals surface area contributed by atoms with E-state index in [0.717, 1.165) is 83.6 Å². The Hall–Kier alpha value is -4.02. The van der Waals surface area contributed by atoms with Crippen LogP contribution in [0.3, 0.4) is 0 Å². The molecule has 0 saturated carbocycles. The summed E-state index contributed by atoms with van der Waals surface area (Å²) < 4.78 is 23.9. The second-order valence-electron chi connectivity index (χ2n) is 11.4. The van der Waals surface area contributed by atoms with Gasteiger partial charge in [0.25, 0.3) is 0 Å². The number of carbonyl (C=O) groups is 1. The highest BCUT2D eigenvalue weighted by molar-refractivity contribution is 5.81. The van der Waals surface area contributed by atoms with Gasteiger partial charge < -0.3 is 24.1 Å². The minimum atomic E-state index is -0.829. The molecular formula is C34H35NO6. The van der Waals surface area contributed by atoms with Gasteiger partial charge in [0.15, 0.2) is 0 Å². The molecule has 0 bridgehead atoms. The van der Waals surface area contributed by atoms with E-state index in [1.165, 1.54) is 0 Å². The Morgan fingerprint density at radius 3 is 2.49 bits per heavy atom. The molecule has 3 aromatic carbocycles. The van der Waals surface area contributed by atoms with Gasteiger partial charge in [0.2, 0.25) is 0 Å². The molecule has 0 radical (unpaired) electrons. The zero-order chi connectivity index (χ0) is 28.5. The molecule has 7 nitrogen and oxygen atoms in total. The monoisotopic (exact) mass is 553 g/mol. The van der Waals surface area contributed by atoms with E-state index in [2.05, 4.69) is 32.0 Å². The predicted octanol–water partition coefficient (Wildman–Crippen LogP) is 6.66. The number of nitrogens with zero attached hydrogens (tertiary/aromatic N) is 1. The third kappa shape index (κ3) is 5.49. The van der Waals surface area contributed by atoms with Crippen LogP contribution in [-0.2, 0) is 16.0 Å². The SMILES string of the molecule is Cc1cc(OCC2CCOCC2)cc(C)c1-c1c(C#N)ccc2c1CC[C@H]2Oc1ccc2c(c1)OC[C@H]2CC(=O)O. The molecule has 1 aliphatic carbocycles. The van der Waals surface area contributed by atoms with Crippen molar-refractivity contribution in [2.75, 3.05) is 26.4 Å². The maximum absolute atomic E-state index is 11.2. The number of hydrogen-bond donors (Lipinski definition) is 1. The van der Waals surface area contributed by atoms with Gasteiger partial charge in [0.1, 0.15) is 23.4 Å². The summed E-state index contributed by atoms with van der Waals surface area (Å²) in [5, 5.41) is 19.3. The molecule has 3 aromatic rings. The lowest BCUT2D eigenvalue weighted by Crippen LogP contribution is -2.21. The van der Waals surface area contributed by atoms with Crippen molar-refractivity contribution in [1.82, 2.24) is 0 Å². The smallest absolute Gasteiger partial charge is 0.304 e. The molecule has 1 fully saturated rings. The van der Waals surface area contributed by atoms with Gasteiger partial charge in [-0.05, 0) is 97.5 Å². The molecule has 0 aromatic heterocycles. The molecule has 0 unspecified atom stereocenters. The fraction of sp³-hybridized carbons (Fsp3) is 0.412. The van der Waals surface area contributed by atoms with Crippen LogP contribution >= 0.6 is 0 Å². The highest BCUT2D eigenvalue weighted by Crippen LogP contribution is 2.45.